The van der Waals surface area contributed by atoms with Crippen LogP contribution in [0.15, 0.2) is 30.3 Å². The number of benzene rings is 1. The molecule has 1 aromatic rings. The van der Waals surface area contributed by atoms with E-state index in [4.69, 9.17) is 0 Å². The quantitative estimate of drug-likeness (QED) is 0.837. The summed E-state index contributed by atoms with van der Waals surface area (Å²) in [7, 11) is 0. The molecular formula is C20H25N3O2. The van der Waals surface area contributed by atoms with Crippen LogP contribution in [-0.4, -0.2) is 41.8 Å². The van der Waals surface area contributed by atoms with Crippen LogP contribution in [0.1, 0.15) is 48.9 Å². The standard InChI is InChI=1S/C20H25N3O2/c21-15-20(10-4-5-11-20)22-18(24)14-23-12-8-17(9-13-23)19(25)16-6-2-1-3-7-16/h1-3,6-7,17H,4-5,8-14H2,(H,22,24). The number of ketones is 1. The Morgan fingerprint density at radius 3 is 2.40 bits per heavy atom. The van der Waals surface area contributed by atoms with Gasteiger partial charge in [0.05, 0.1) is 12.6 Å². The number of hydrogen-bond donors (Lipinski definition) is 1. The van der Waals surface area contributed by atoms with E-state index < -0.39 is 5.54 Å². The summed E-state index contributed by atoms with van der Waals surface area (Å²) in [6.45, 7) is 1.81. The minimum Gasteiger partial charge on any atom is -0.337 e. The Morgan fingerprint density at radius 2 is 1.80 bits per heavy atom. The van der Waals surface area contributed by atoms with Gasteiger partial charge in [0, 0.05) is 11.5 Å². The van der Waals surface area contributed by atoms with Crippen molar-refractivity contribution in [1.82, 2.24) is 10.2 Å². The number of rotatable bonds is 5. The number of nitriles is 1. The summed E-state index contributed by atoms with van der Waals surface area (Å²) in [6.07, 6.45) is 5.07. The Hall–Kier alpha value is -2.19. The van der Waals surface area contributed by atoms with Crippen molar-refractivity contribution in [3.63, 3.8) is 0 Å². The molecule has 3 rings (SSSR count). The summed E-state index contributed by atoms with van der Waals surface area (Å²) in [4.78, 5) is 26.9. The molecule has 0 spiro atoms. The van der Waals surface area contributed by atoms with Gasteiger partial charge in [0.2, 0.25) is 5.91 Å². The number of Topliss-reactive ketones (excluding diaryl/α,β-unsaturated/α-hetero) is 1. The SMILES string of the molecule is N#CC1(NC(=O)CN2CCC(C(=O)c3ccccc3)CC2)CCCC1. The van der Waals surface area contributed by atoms with Crippen LogP contribution in [0.2, 0.25) is 0 Å². The second kappa shape index (κ2) is 7.79. The summed E-state index contributed by atoms with van der Waals surface area (Å²) >= 11 is 0. The molecule has 25 heavy (non-hydrogen) atoms. The smallest absolute Gasteiger partial charge is 0.235 e. The van der Waals surface area contributed by atoms with Gasteiger partial charge >= 0.3 is 0 Å². The molecule has 2 fully saturated rings. The molecule has 1 amide bonds. The first kappa shape index (κ1) is 17.6. The number of nitrogens with zero attached hydrogens (tertiary/aromatic N) is 2. The van der Waals surface area contributed by atoms with E-state index in [0.29, 0.717) is 6.54 Å². The van der Waals surface area contributed by atoms with Crippen LogP contribution in [0.25, 0.3) is 0 Å². The molecule has 0 atom stereocenters. The first-order valence-electron chi connectivity index (χ1n) is 9.16. The normalized spacial score (nSPS) is 20.8. The van der Waals surface area contributed by atoms with Crippen molar-refractivity contribution in [1.29, 1.82) is 5.26 Å². The number of carbonyl (C=O) groups is 2. The zero-order valence-corrected chi connectivity index (χ0v) is 14.5. The fourth-order valence-corrected chi connectivity index (χ4v) is 3.94. The average Bonchev–Trinajstić information content (AvgIpc) is 3.11. The maximum atomic E-state index is 12.5. The predicted molar refractivity (Wildman–Crippen MR) is 94.9 cm³/mol. The van der Waals surface area contributed by atoms with E-state index >= 15 is 0 Å². The van der Waals surface area contributed by atoms with Gasteiger partial charge in [0.25, 0.3) is 0 Å². The van der Waals surface area contributed by atoms with Crippen LogP contribution in [-0.2, 0) is 4.79 Å². The summed E-state index contributed by atoms with van der Waals surface area (Å²) in [5, 5.41) is 12.3. The largest absolute Gasteiger partial charge is 0.337 e. The molecule has 2 aliphatic rings. The molecule has 5 heteroatoms. The van der Waals surface area contributed by atoms with Crippen LogP contribution in [0.4, 0.5) is 0 Å². The van der Waals surface area contributed by atoms with Gasteiger partial charge in [0.1, 0.15) is 5.54 Å². The van der Waals surface area contributed by atoms with Crippen molar-refractivity contribution < 1.29 is 9.59 Å². The highest BCUT2D eigenvalue weighted by Gasteiger charge is 2.36. The van der Waals surface area contributed by atoms with Gasteiger partial charge in [-0.3, -0.25) is 14.5 Å². The Labute approximate surface area is 149 Å². The van der Waals surface area contributed by atoms with E-state index in [1.165, 1.54) is 0 Å². The van der Waals surface area contributed by atoms with Crippen LogP contribution >= 0.6 is 0 Å². The Bertz CT molecular complexity index is 651. The first-order valence-corrected chi connectivity index (χ1v) is 9.16. The third-order valence-electron chi connectivity index (χ3n) is 5.43. The van der Waals surface area contributed by atoms with Crippen molar-refractivity contribution in [2.45, 2.75) is 44.1 Å². The third-order valence-corrected chi connectivity index (χ3v) is 5.43. The molecule has 132 valence electrons. The lowest BCUT2D eigenvalue weighted by atomic mass is 9.89. The van der Waals surface area contributed by atoms with E-state index in [1.54, 1.807) is 0 Å². The molecule has 1 saturated heterocycles. The Kier molecular flexibility index (Phi) is 5.50. The topological polar surface area (TPSA) is 73.2 Å². The van der Waals surface area contributed by atoms with Gasteiger partial charge in [-0.1, -0.05) is 30.3 Å². The molecule has 1 aliphatic carbocycles. The maximum absolute atomic E-state index is 12.5. The number of likely N-dealkylation sites (tertiary alicyclic amines) is 1. The lowest BCUT2D eigenvalue weighted by Crippen LogP contribution is -2.50. The molecule has 1 aliphatic heterocycles. The van der Waals surface area contributed by atoms with Gasteiger partial charge in [-0.15, -0.1) is 0 Å². The van der Waals surface area contributed by atoms with Crippen molar-refractivity contribution in [2.75, 3.05) is 19.6 Å². The van der Waals surface area contributed by atoms with E-state index in [1.807, 2.05) is 30.3 Å². The minimum atomic E-state index is -0.654. The van der Waals surface area contributed by atoms with E-state index in [0.717, 1.165) is 57.2 Å². The molecule has 1 heterocycles. The second-order valence-electron chi connectivity index (χ2n) is 7.23. The Balaban J connectivity index is 1.47. The predicted octanol–water partition coefficient (Wildman–Crippen LogP) is 2.53. The lowest BCUT2D eigenvalue weighted by molar-refractivity contribution is -0.123. The highest BCUT2D eigenvalue weighted by molar-refractivity contribution is 5.97. The zero-order chi connectivity index (χ0) is 17.7. The van der Waals surface area contributed by atoms with Gasteiger partial charge in [0.15, 0.2) is 5.78 Å². The Morgan fingerprint density at radius 1 is 1.16 bits per heavy atom. The molecule has 0 bridgehead atoms. The molecule has 1 aromatic carbocycles. The molecule has 5 nitrogen and oxygen atoms in total. The van der Waals surface area contributed by atoms with E-state index in [2.05, 4.69) is 16.3 Å². The molecule has 0 radical (unpaired) electrons. The lowest BCUT2D eigenvalue weighted by Gasteiger charge is -2.31. The highest BCUT2D eigenvalue weighted by Crippen LogP contribution is 2.29. The fraction of sp³-hybridized carbons (Fsp3) is 0.550. The van der Waals surface area contributed by atoms with Crippen molar-refractivity contribution in [3.05, 3.63) is 35.9 Å². The highest BCUT2D eigenvalue weighted by atomic mass is 16.2. The number of piperidine rings is 1. The molecule has 0 aromatic heterocycles. The molecular weight excluding hydrogens is 314 g/mol. The first-order chi connectivity index (χ1) is 12.1. The van der Waals surface area contributed by atoms with Crippen LogP contribution in [0.3, 0.4) is 0 Å². The van der Waals surface area contributed by atoms with Crippen molar-refractivity contribution in [2.24, 2.45) is 5.92 Å². The number of carbonyl (C=O) groups excluding carboxylic acids is 2. The van der Waals surface area contributed by atoms with Crippen LogP contribution in [0.5, 0.6) is 0 Å². The van der Waals surface area contributed by atoms with Gasteiger partial charge in [-0.25, -0.2) is 0 Å². The molecule has 1 N–H and O–H groups in total. The summed E-state index contributed by atoms with van der Waals surface area (Å²) in [6, 6.07) is 11.7. The minimum absolute atomic E-state index is 0.0435. The third kappa shape index (κ3) is 4.26. The number of hydrogen-bond acceptors (Lipinski definition) is 4. The monoisotopic (exact) mass is 339 g/mol. The number of amides is 1. The van der Waals surface area contributed by atoms with Crippen molar-refractivity contribution >= 4 is 11.7 Å². The number of nitrogens with one attached hydrogen (secondary N) is 1. The fourth-order valence-electron chi connectivity index (χ4n) is 3.94. The molecule has 1 saturated carbocycles. The summed E-state index contributed by atoms with van der Waals surface area (Å²) < 4.78 is 0. The summed E-state index contributed by atoms with van der Waals surface area (Å²) in [5.74, 6) is 0.178. The van der Waals surface area contributed by atoms with E-state index in [9.17, 15) is 14.9 Å². The maximum Gasteiger partial charge on any atom is 0.235 e. The second-order valence-corrected chi connectivity index (χ2v) is 7.23. The van der Waals surface area contributed by atoms with Crippen molar-refractivity contribution in [3.8, 4) is 6.07 Å². The van der Waals surface area contributed by atoms with Gasteiger partial charge in [-0.05, 0) is 51.6 Å². The zero-order valence-electron chi connectivity index (χ0n) is 14.5. The molecule has 0 unspecified atom stereocenters. The van der Waals surface area contributed by atoms with Crippen LogP contribution in [0, 0.1) is 17.2 Å². The van der Waals surface area contributed by atoms with Gasteiger partial charge in [-0.2, -0.15) is 5.26 Å². The van der Waals surface area contributed by atoms with Crippen LogP contribution < -0.4 is 5.32 Å². The van der Waals surface area contributed by atoms with E-state index in [-0.39, 0.29) is 17.6 Å². The van der Waals surface area contributed by atoms with Gasteiger partial charge < -0.3 is 5.32 Å². The summed E-state index contributed by atoms with van der Waals surface area (Å²) in [5.41, 5.74) is 0.120. The average molecular weight is 339 g/mol.